The summed E-state index contributed by atoms with van der Waals surface area (Å²) in [4.78, 5) is 41.8. The Balaban J connectivity index is 1.63. The second-order valence-electron chi connectivity index (χ2n) is 6.95. The van der Waals surface area contributed by atoms with Gasteiger partial charge in [-0.05, 0) is 6.92 Å². The molecule has 1 fully saturated rings. The molecule has 2 amide bonds. The molecule has 1 saturated heterocycles. The van der Waals surface area contributed by atoms with Gasteiger partial charge in [-0.25, -0.2) is 4.39 Å². The van der Waals surface area contributed by atoms with E-state index in [4.69, 9.17) is 4.74 Å². The first-order chi connectivity index (χ1) is 14.2. The zero-order valence-corrected chi connectivity index (χ0v) is 15.5. The van der Waals surface area contributed by atoms with Crippen molar-refractivity contribution in [3.63, 3.8) is 0 Å². The summed E-state index contributed by atoms with van der Waals surface area (Å²) in [5.41, 5.74) is -2.63. The van der Waals surface area contributed by atoms with E-state index in [2.05, 4.69) is 10.3 Å². The lowest BCUT2D eigenvalue weighted by Gasteiger charge is -2.33. The van der Waals surface area contributed by atoms with Crippen LogP contribution in [0.5, 0.6) is 5.75 Å². The highest BCUT2D eigenvalue weighted by Crippen LogP contribution is 2.29. The number of carbonyl (C=O) groups excluding carboxylic acids is 2. The van der Waals surface area contributed by atoms with Crippen molar-refractivity contribution >= 4 is 11.8 Å². The van der Waals surface area contributed by atoms with Gasteiger partial charge < -0.3 is 24.6 Å². The number of amides is 2. The Bertz CT molecular complexity index is 1110. The molecule has 4 rings (SSSR count). The standard InChI is InChI=1S/C18H15F3N4O5/c1-7-6-30-12-5-24-4-9(14(26)15(27)13(24)18(29)25(7)12)17(28)22-3-8-10(19)2-11(20)23-16(8)21/h2,4,7,12,27H,3,5-6H2,1H3,(H,22,28)/t7-,12+/m0/s1. The largest absolute Gasteiger partial charge is 0.503 e. The first kappa shape index (κ1) is 19.9. The van der Waals surface area contributed by atoms with Gasteiger partial charge >= 0.3 is 0 Å². The molecule has 2 aliphatic rings. The molecule has 30 heavy (non-hydrogen) atoms. The van der Waals surface area contributed by atoms with Crippen molar-refractivity contribution in [2.75, 3.05) is 6.61 Å². The molecule has 0 bridgehead atoms. The van der Waals surface area contributed by atoms with Crippen LogP contribution in [0.25, 0.3) is 0 Å². The van der Waals surface area contributed by atoms with E-state index in [9.17, 15) is 32.7 Å². The monoisotopic (exact) mass is 424 g/mol. The molecule has 4 heterocycles. The second kappa shape index (κ2) is 7.13. The fraction of sp³-hybridized carbons (Fsp3) is 0.333. The minimum atomic E-state index is -1.45. The van der Waals surface area contributed by atoms with Gasteiger partial charge in [0, 0.05) is 12.3 Å². The lowest BCUT2D eigenvalue weighted by atomic mass is 10.1. The molecule has 0 spiro atoms. The molecule has 158 valence electrons. The molecule has 2 aromatic rings. The maximum absolute atomic E-state index is 13.7. The minimum Gasteiger partial charge on any atom is -0.503 e. The highest BCUT2D eigenvalue weighted by Gasteiger charge is 2.42. The Hall–Kier alpha value is -3.41. The maximum Gasteiger partial charge on any atom is 0.276 e. The van der Waals surface area contributed by atoms with Gasteiger partial charge in [0.15, 0.2) is 17.7 Å². The third kappa shape index (κ3) is 3.09. The van der Waals surface area contributed by atoms with Crippen LogP contribution in [-0.4, -0.2) is 50.2 Å². The van der Waals surface area contributed by atoms with E-state index in [1.54, 1.807) is 6.92 Å². The number of halogens is 3. The van der Waals surface area contributed by atoms with Gasteiger partial charge in [0.1, 0.15) is 11.4 Å². The summed E-state index contributed by atoms with van der Waals surface area (Å²) in [5, 5.41) is 12.4. The number of pyridine rings is 2. The van der Waals surface area contributed by atoms with Crippen molar-refractivity contribution in [2.45, 2.75) is 32.3 Å². The smallest absolute Gasteiger partial charge is 0.276 e. The van der Waals surface area contributed by atoms with Crippen LogP contribution in [0.4, 0.5) is 13.2 Å². The van der Waals surface area contributed by atoms with E-state index in [1.807, 2.05) is 0 Å². The molecule has 0 radical (unpaired) electrons. The predicted octanol–water partition coefficient (Wildman–Crippen LogP) is 0.497. The van der Waals surface area contributed by atoms with Crippen LogP contribution in [0.2, 0.25) is 0 Å². The van der Waals surface area contributed by atoms with Gasteiger partial charge in [-0.1, -0.05) is 0 Å². The molecule has 0 aromatic carbocycles. The predicted molar refractivity (Wildman–Crippen MR) is 93.0 cm³/mol. The normalized spacial score (nSPS) is 20.1. The lowest BCUT2D eigenvalue weighted by molar-refractivity contribution is 0.00624. The van der Waals surface area contributed by atoms with E-state index in [-0.39, 0.29) is 24.9 Å². The van der Waals surface area contributed by atoms with Crippen LogP contribution in [-0.2, 0) is 17.8 Å². The van der Waals surface area contributed by atoms with E-state index >= 15 is 0 Å². The van der Waals surface area contributed by atoms with E-state index in [0.29, 0.717) is 6.07 Å². The number of nitrogens with one attached hydrogen (secondary N) is 1. The van der Waals surface area contributed by atoms with Crippen molar-refractivity contribution in [2.24, 2.45) is 0 Å². The highest BCUT2D eigenvalue weighted by atomic mass is 19.1. The number of rotatable bonds is 3. The van der Waals surface area contributed by atoms with Gasteiger partial charge in [0.25, 0.3) is 11.8 Å². The number of aromatic hydroxyl groups is 1. The maximum atomic E-state index is 13.7. The Morgan fingerprint density at radius 2 is 2.10 bits per heavy atom. The number of hydrogen-bond donors (Lipinski definition) is 2. The molecular formula is C18H15F3N4O5. The molecule has 2 aliphatic heterocycles. The zero-order valence-electron chi connectivity index (χ0n) is 15.5. The Morgan fingerprint density at radius 1 is 1.37 bits per heavy atom. The number of aromatic nitrogens is 2. The quantitative estimate of drug-likeness (QED) is 0.694. The van der Waals surface area contributed by atoms with Crippen LogP contribution in [0.1, 0.15) is 33.3 Å². The first-order valence-corrected chi connectivity index (χ1v) is 8.88. The van der Waals surface area contributed by atoms with Crippen molar-refractivity contribution in [1.82, 2.24) is 19.8 Å². The SMILES string of the molecule is C[C@H]1CO[C@@H]2Cn3cc(C(=O)NCc4c(F)cc(F)nc4F)c(=O)c(O)c3C(=O)N12. The molecule has 12 heteroatoms. The van der Waals surface area contributed by atoms with E-state index < -0.39 is 64.6 Å². The average Bonchev–Trinajstić information content (AvgIpc) is 3.04. The number of fused-ring (bicyclic) bond motifs is 2. The van der Waals surface area contributed by atoms with Crippen LogP contribution in [0.15, 0.2) is 17.1 Å². The molecule has 9 nitrogen and oxygen atoms in total. The third-order valence-corrected chi connectivity index (χ3v) is 5.02. The number of nitrogens with zero attached hydrogens (tertiary/aromatic N) is 3. The van der Waals surface area contributed by atoms with Crippen LogP contribution >= 0.6 is 0 Å². The van der Waals surface area contributed by atoms with Crippen LogP contribution in [0, 0.1) is 17.7 Å². The van der Waals surface area contributed by atoms with Gasteiger partial charge in [-0.15, -0.1) is 0 Å². The number of hydrogen-bond acceptors (Lipinski definition) is 6. The molecule has 0 unspecified atom stereocenters. The fourth-order valence-corrected chi connectivity index (χ4v) is 3.54. The Labute approximate surface area is 166 Å². The summed E-state index contributed by atoms with van der Waals surface area (Å²) < 4.78 is 47.0. The van der Waals surface area contributed by atoms with Crippen LogP contribution < -0.4 is 10.7 Å². The summed E-state index contributed by atoms with van der Waals surface area (Å²) in [6, 6.07) is 0.104. The Morgan fingerprint density at radius 3 is 2.80 bits per heavy atom. The summed E-state index contributed by atoms with van der Waals surface area (Å²) in [5.74, 6) is -6.64. The Kier molecular flexibility index (Phi) is 4.73. The fourth-order valence-electron chi connectivity index (χ4n) is 3.54. The van der Waals surface area contributed by atoms with E-state index in [1.165, 1.54) is 9.47 Å². The first-order valence-electron chi connectivity index (χ1n) is 8.88. The molecule has 2 N–H and O–H groups in total. The van der Waals surface area contributed by atoms with Gasteiger partial charge in [0.05, 0.1) is 31.3 Å². The molecule has 2 aromatic heterocycles. The average molecular weight is 424 g/mol. The highest BCUT2D eigenvalue weighted by molar-refractivity contribution is 5.99. The van der Waals surface area contributed by atoms with Crippen molar-refractivity contribution in [1.29, 1.82) is 0 Å². The zero-order chi connectivity index (χ0) is 21.7. The topological polar surface area (TPSA) is 114 Å². The van der Waals surface area contributed by atoms with Gasteiger partial charge in [-0.3, -0.25) is 14.4 Å². The molecule has 2 atom stereocenters. The molecule has 0 saturated carbocycles. The van der Waals surface area contributed by atoms with Gasteiger partial charge in [-0.2, -0.15) is 13.8 Å². The third-order valence-electron chi connectivity index (χ3n) is 5.02. The van der Waals surface area contributed by atoms with Crippen molar-refractivity contribution in [3.8, 4) is 5.75 Å². The van der Waals surface area contributed by atoms with Gasteiger partial charge in [0.2, 0.25) is 17.3 Å². The van der Waals surface area contributed by atoms with Crippen molar-refractivity contribution < 1.29 is 32.6 Å². The van der Waals surface area contributed by atoms with E-state index in [0.717, 1.165) is 6.20 Å². The summed E-state index contributed by atoms with van der Waals surface area (Å²) >= 11 is 0. The number of ether oxygens (including phenoxy) is 1. The van der Waals surface area contributed by atoms with Crippen LogP contribution in [0.3, 0.4) is 0 Å². The molecular weight excluding hydrogens is 409 g/mol. The minimum absolute atomic E-state index is 0.0741. The summed E-state index contributed by atoms with van der Waals surface area (Å²) in [6.45, 7) is 1.39. The lowest BCUT2D eigenvalue weighted by Crippen LogP contribution is -2.49. The summed E-state index contributed by atoms with van der Waals surface area (Å²) in [7, 11) is 0. The second-order valence-corrected chi connectivity index (χ2v) is 6.95. The van der Waals surface area contributed by atoms with Crippen molar-refractivity contribution in [3.05, 3.63) is 57.0 Å². The summed E-state index contributed by atoms with van der Waals surface area (Å²) in [6.07, 6.45) is 0.454. The molecule has 0 aliphatic carbocycles. The number of carbonyl (C=O) groups is 2.